The molecule has 1 aliphatic heterocycles. The molecule has 1 fully saturated rings. The predicted molar refractivity (Wildman–Crippen MR) is 48.0 cm³/mol. The first-order valence-electron chi connectivity index (χ1n) is 4.24. The quantitative estimate of drug-likeness (QED) is 0.614. The third kappa shape index (κ3) is 8.08. The molecule has 0 aliphatic carbocycles. The van der Waals surface area contributed by atoms with Crippen molar-refractivity contribution in [1.29, 1.82) is 0 Å². The first kappa shape index (κ1) is 12.0. The summed E-state index contributed by atoms with van der Waals surface area (Å²) in [6.07, 6.45) is 4.30. The third-order valence-electron chi connectivity index (χ3n) is 1.90. The van der Waals surface area contributed by atoms with Crippen LogP contribution in [0, 0.1) is 0 Å². The summed E-state index contributed by atoms with van der Waals surface area (Å²) in [7, 11) is -2.87. The number of nitrogens with zero attached hydrogens (tertiary/aromatic N) is 1. The van der Waals surface area contributed by atoms with Crippen LogP contribution in [0.1, 0.15) is 26.2 Å². The molecule has 1 saturated heterocycles. The molecule has 0 spiro atoms. The van der Waals surface area contributed by atoms with Crippen LogP contribution in [0.5, 0.6) is 0 Å². The lowest BCUT2D eigenvalue weighted by Crippen LogP contribution is -2.29. The molecular weight excluding hydrogens is 177 g/mol. The van der Waals surface area contributed by atoms with Gasteiger partial charge in [-0.05, 0) is 32.5 Å². The summed E-state index contributed by atoms with van der Waals surface area (Å²) in [6.45, 7) is 6.18. The molecule has 0 amide bonds. The molecule has 2 N–H and O–H groups in total. The molecule has 0 aromatic rings. The fourth-order valence-electron chi connectivity index (χ4n) is 1.28. The molecular formula is C7H17NO3P+. The van der Waals surface area contributed by atoms with E-state index in [9.17, 15) is 0 Å². The molecule has 4 nitrogen and oxygen atoms in total. The van der Waals surface area contributed by atoms with Gasteiger partial charge in [-0.2, -0.15) is 0 Å². The topological polar surface area (TPSA) is 60.8 Å². The zero-order valence-electron chi connectivity index (χ0n) is 7.44. The molecule has 1 aliphatic rings. The van der Waals surface area contributed by atoms with Gasteiger partial charge in [0, 0.05) is 4.57 Å². The van der Waals surface area contributed by atoms with Gasteiger partial charge in [-0.15, -0.1) is 9.79 Å². The second kappa shape index (κ2) is 7.62. The molecule has 72 valence electrons. The highest BCUT2D eigenvalue weighted by molar-refractivity contribution is 7.30. The maximum Gasteiger partial charge on any atom is 0.692 e. The van der Waals surface area contributed by atoms with E-state index in [-0.39, 0.29) is 0 Å². The monoisotopic (exact) mass is 194 g/mol. The van der Waals surface area contributed by atoms with E-state index in [0.717, 1.165) is 0 Å². The van der Waals surface area contributed by atoms with Crippen molar-refractivity contribution in [2.75, 3.05) is 19.6 Å². The highest BCUT2D eigenvalue weighted by Crippen LogP contribution is 2.06. The van der Waals surface area contributed by atoms with E-state index in [1.165, 1.54) is 38.9 Å². The molecule has 0 unspecified atom stereocenters. The smallest absolute Gasteiger partial charge is 0.304 e. The van der Waals surface area contributed by atoms with Gasteiger partial charge in [-0.3, -0.25) is 0 Å². The van der Waals surface area contributed by atoms with E-state index in [0.29, 0.717) is 0 Å². The average Bonchev–Trinajstić information content (AvgIpc) is 2.05. The number of likely N-dealkylation sites (tertiary alicyclic amines) is 1. The Labute approximate surface area is 74.2 Å². The number of rotatable bonds is 1. The Morgan fingerprint density at radius 1 is 1.25 bits per heavy atom. The summed E-state index contributed by atoms with van der Waals surface area (Å²) in [6, 6.07) is 0. The molecule has 5 heteroatoms. The minimum Gasteiger partial charge on any atom is -0.304 e. The van der Waals surface area contributed by atoms with Gasteiger partial charge in [-0.1, -0.05) is 13.3 Å². The van der Waals surface area contributed by atoms with E-state index in [4.69, 9.17) is 14.4 Å². The number of piperidine rings is 1. The van der Waals surface area contributed by atoms with Gasteiger partial charge in [0.2, 0.25) is 0 Å². The van der Waals surface area contributed by atoms with Crippen LogP contribution < -0.4 is 0 Å². The summed E-state index contributed by atoms with van der Waals surface area (Å²) in [4.78, 5) is 16.8. The standard InChI is InChI=1S/C7H15N.HO3P/c1-2-8-6-4-3-5-7-8;1-4(2)3/h2-7H2,1H3;(H-,1,2,3)/p+1. The highest BCUT2D eigenvalue weighted by Gasteiger charge is 2.05. The Morgan fingerprint density at radius 2 is 1.67 bits per heavy atom. The van der Waals surface area contributed by atoms with E-state index in [2.05, 4.69) is 11.8 Å². The van der Waals surface area contributed by atoms with Crippen LogP contribution in [0.15, 0.2) is 0 Å². The lowest BCUT2D eigenvalue weighted by Gasteiger charge is -2.24. The van der Waals surface area contributed by atoms with Crippen molar-refractivity contribution in [3.8, 4) is 0 Å². The van der Waals surface area contributed by atoms with Crippen molar-refractivity contribution in [1.82, 2.24) is 4.90 Å². The van der Waals surface area contributed by atoms with E-state index >= 15 is 0 Å². The Morgan fingerprint density at radius 3 is 1.92 bits per heavy atom. The fraction of sp³-hybridized carbons (Fsp3) is 1.00. The first-order valence-corrected chi connectivity index (χ1v) is 5.40. The van der Waals surface area contributed by atoms with E-state index < -0.39 is 8.25 Å². The maximum atomic E-state index is 8.70. The highest BCUT2D eigenvalue weighted by atomic mass is 31.1. The first-order chi connectivity index (χ1) is 5.66. The summed E-state index contributed by atoms with van der Waals surface area (Å²) < 4.78 is 8.70. The number of hydrogen-bond acceptors (Lipinski definition) is 2. The second-order valence-electron chi connectivity index (χ2n) is 2.75. The zero-order chi connectivity index (χ0) is 9.40. The van der Waals surface area contributed by atoms with Crippen LogP contribution in [-0.2, 0) is 4.57 Å². The summed E-state index contributed by atoms with van der Waals surface area (Å²) >= 11 is 0. The SMILES string of the molecule is CCN1CCCCC1.O=[P+](O)O. The molecule has 0 saturated carbocycles. The van der Waals surface area contributed by atoms with Crippen molar-refractivity contribution in [3.63, 3.8) is 0 Å². The lowest BCUT2D eigenvalue weighted by atomic mass is 10.1. The van der Waals surface area contributed by atoms with Crippen LogP contribution in [0.25, 0.3) is 0 Å². The Balaban J connectivity index is 0.000000261. The van der Waals surface area contributed by atoms with Gasteiger partial charge >= 0.3 is 8.25 Å². The van der Waals surface area contributed by atoms with Crippen LogP contribution in [0.4, 0.5) is 0 Å². The summed E-state index contributed by atoms with van der Waals surface area (Å²) in [5.74, 6) is 0. The van der Waals surface area contributed by atoms with Crippen LogP contribution in [0.2, 0.25) is 0 Å². The van der Waals surface area contributed by atoms with Crippen LogP contribution in [-0.4, -0.2) is 34.3 Å². The van der Waals surface area contributed by atoms with Crippen molar-refractivity contribution in [2.24, 2.45) is 0 Å². The zero-order valence-corrected chi connectivity index (χ0v) is 8.33. The van der Waals surface area contributed by atoms with Crippen molar-refractivity contribution < 1.29 is 14.4 Å². The van der Waals surface area contributed by atoms with Crippen molar-refractivity contribution in [2.45, 2.75) is 26.2 Å². The number of hydrogen-bond donors (Lipinski definition) is 2. The van der Waals surface area contributed by atoms with Gasteiger partial charge < -0.3 is 4.90 Å². The second-order valence-corrected chi connectivity index (χ2v) is 3.25. The van der Waals surface area contributed by atoms with Gasteiger partial charge in [0.25, 0.3) is 0 Å². The predicted octanol–water partition coefficient (Wildman–Crippen LogP) is 1.12. The van der Waals surface area contributed by atoms with Crippen molar-refractivity contribution in [3.05, 3.63) is 0 Å². The Hall–Kier alpha value is -0.0200. The van der Waals surface area contributed by atoms with Gasteiger partial charge in [-0.25, -0.2) is 0 Å². The fourth-order valence-corrected chi connectivity index (χ4v) is 1.28. The lowest BCUT2D eigenvalue weighted by molar-refractivity contribution is 0.240. The Bertz CT molecular complexity index is 122. The molecule has 0 aromatic heterocycles. The third-order valence-corrected chi connectivity index (χ3v) is 1.90. The van der Waals surface area contributed by atoms with Crippen LogP contribution >= 0.6 is 8.25 Å². The normalized spacial score (nSPS) is 17.9. The minimum absolute atomic E-state index is 1.25. The van der Waals surface area contributed by atoms with E-state index in [1.807, 2.05) is 0 Å². The van der Waals surface area contributed by atoms with Gasteiger partial charge in [0.05, 0.1) is 0 Å². The molecule has 0 aromatic carbocycles. The average molecular weight is 194 g/mol. The maximum absolute atomic E-state index is 8.70. The minimum atomic E-state index is -2.87. The van der Waals surface area contributed by atoms with E-state index in [1.54, 1.807) is 0 Å². The van der Waals surface area contributed by atoms with Gasteiger partial charge in [0.1, 0.15) is 0 Å². The van der Waals surface area contributed by atoms with Gasteiger partial charge in [0.15, 0.2) is 0 Å². The molecule has 0 atom stereocenters. The molecule has 1 heterocycles. The molecule has 0 bridgehead atoms. The molecule has 0 radical (unpaired) electrons. The van der Waals surface area contributed by atoms with Crippen LogP contribution in [0.3, 0.4) is 0 Å². The molecule has 1 rings (SSSR count). The Kier molecular flexibility index (Phi) is 7.61. The molecule has 12 heavy (non-hydrogen) atoms. The van der Waals surface area contributed by atoms with Crippen molar-refractivity contribution >= 4 is 8.25 Å². The summed E-state index contributed by atoms with van der Waals surface area (Å²) in [5, 5.41) is 0. The summed E-state index contributed by atoms with van der Waals surface area (Å²) in [5.41, 5.74) is 0. The largest absolute Gasteiger partial charge is 0.692 e.